The van der Waals surface area contributed by atoms with Crippen LogP contribution in [0.5, 0.6) is 5.75 Å². The van der Waals surface area contributed by atoms with E-state index in [0.717, 1.165) is 0 Å². The van der Waals surface area contributed by atoms with E-state index < -0.39 is 33.6 Å². The monoisotopic (exact) mass is 449 g/mol. The van der Waals surface area contributed by atoms with Gasteiger partial charge in [-0.25, -0.2) is 14.7 Å². The quantitative estimate of drug-likeness (QED) is 0.178. The summed E-state index contributed by atoms with van der Waals surface area (Å²) < 4.78 is 36.8. The van der Waals surface area contributed by atoms with Gasteiger partial charge < -0.3 is 4.74 Å². The minimum atomic E-state index is -4.59. The fourth-order valence-corrected chi connectivity index (χ4v) is 3.18. The highest BCUT2D eigenvalue weighted by Crippen LogP contribution is 2.22. The van der Waals surface area contributed by atoms with Gasteiger partial charge in [0.2, 0.25) is 0 Å². The van der Waals surface area contributed by atoms with Crippen molar-refractivity contribution < 1.29 is 27.3 Å². The summed E-state index contributed by atoms with van der Waals surface area (Å²) in [5.74, 6) is -2.80. The predicted octanol–water partition coefficient (Wildman–Crippen LogP) is 1.71. The second-order valence-corrected chi connectivity index (χ2v) is 7.73. The maximum atomic E-state index is 12.7. The molecule has 0 aromatic heterocycles. The fourth-order valence-electron chi connectivity index (χ4n) is 2.70. The van der Waals surface area contributed by atoms with E-state index in [-0.39, 0.29) is 11.3 Å². The highest BCUT2D eigenvalue weighted by molar-refractivity contribution is 7.85. The summed E-state index contributed by atoms with van der Waals surface area (Å²) in [7, 11) is -4.59. The van der Waals surface area contributed by atoms with Crippen LogP contribution < -0.4 is 9.64 Å². The number of ether oxygens (including phenoxy) is 1. The number of terminal acetylenes is 2. The summed E-state index contributed by atoms with van der Waals surface area (Å²) in [5.41, 5.74) is 0.369. The molecule has 0 aliphatic carbocycles. The normalized spacial score (nSPS) is 14.5. The molecule has 0 unspecified atom stereocenters. The molecule has 0 saturated heterocycles. The summed E-state index contributed by atoms with van der Waals surface area (Å²) >= 11 is 0. The minimum Gasteiger partial charge on any atom is -0.422 e. The van der Waals surface area contributed by atoms with Crippen molar-refractivity contribution in [1.29, 1.82) is 0 Å². The van der Waals surface area contributed by atoms with Gasteiger partial charge in [0.1, 0.15) is 5.75 Å². The van der Waals surface area contributed by atoms with Crippen molar-refractivity contribution in [1.82, 2.24) is 5.01 Å². The SMILES string of the molecule is C#CN(C#C)c1ccc(C=C2C(=O)N(CS(=O)(=O)O)N=C2C(=O)Oc2ccccc2)cc1. The first kappa shape index (κ1) is 22.3. The molecule has 0 radical (unpaired) electrons. The molecule has 1 aliphatic heterocycles. The van der Waals surface area contributed by atoms with Gasteiger partial charge in [0.25, 0.3) is 16.0 Å². The molecule has 2 aromatic rings. The summed E-state index contributed by atoms with van der Waals surface area (Å²) in [5, 5.41) is 4.23. The summed E-state index contributed by atoms with van der Waals surface area (Å²) in [4.78, 5) is 26.6. The zero-order chi connectivity index (χ0) is 23.3. The van der Waals surface area contributed by atoms with Gasteiger partial charge in [-0.3, -0.25) is 9.35 Å². The van der Waals surface area contributed by atoms with E-state index in [1.54, 1.807) is 42.5 Å². The molecule has 10 heteroatoms. The van der Waals surface area contributed by atoms with Crippen molar-refractivity contribution >= 4 is 39.5 Å². The number of esters is 1. The molecule has 0 atom stereocenters. The van der Waals surface area contributed by atoms with Crippen LogP contribution in [0.2, 0.25) is 0 Å². The van der Waals surface area contributed by atoms with Crippen molar-refractivity contribution in [2.75, 3.05) is 10.8 Å². The maximum absolute atomic E-state index is 12.7. The second kappa shape index (κ2) is 9.18. The van der Waals surface area contributed by atoms with Crippen LogP contribution in [0.15, 0.2) is 65.3 Å². The number of carbonyl (C=O) groups excluding carboxylic acids is 2. The Hall–Kier alpha value is -4.38. The van der Waals surface area contributed by atoms with E-state index in [9.17, 15) is 18.0 Å². The van der Waals surface area contributed by atoms with Crippen molar-refractivity contribution in [2.24, 2.45) is 5.10 Å². The lowest BCUT2D eigenvalue weighted by Gasteiger charge is -2.09. The summed E-state index contributed by atoms with van der Waals surface area (Å²) in [6, 6.07) is 19.0. The number of benzene rings is 2. The van der Waals surface area contributed by atoms with E-state index in [1.165, 1.54) is 23.1 Å². The molecule has 0 saturated carbocycles. The first-order chi connectivity index (χ1) is 15.2. The summed E-state index contributed by atoms with van der Waals surface area (Å²) in [6.45, 7) is 0. The Bertz CT molecular complexity index is 1290. The van der Waals surface area contributed by atoms with E-state index in [2.05, 4.69) is 17.2 Å². The van der Waals surface area contributed by atoms with Crippen LogP contribution in [-0.4, -0.2) is 41.4 Å². The van der Waals surface area contributed by atoms with E-state index in [4.69, 9.17) is 22.1 Å². The number of hydrogen-bond acceptors (Lipinski definition) is 7. The van der Waals surface area contributed by atoms with Crippen molar-refractivity contribution in [3.05, 3.63) is 65.7 Å². The Balaban J connectivity index is 1.96. The van der Waals surface area contributed by atoms with Crippen LogP contribution in [0.1, 0.15) is 5.56 Å². The van der Waals surface area contributed by atoms with Gasteiger partial charge in [-0.2, -0.15) is 13.5 Å². The van der Waals surface area contributed by atoms with E-state index >= 15 is 0 Å². The van der Waals surface area contributed by atoms with Crippen LogP contribution >= 0.6 is 0 Å². The number of nitrogens with zero attached hydrogens (tertiary/aromatic N) is 3. The van der Waals surface area contributed by atoms with Gasteiger partial charge in [-0.1, -0.05) is 43.2 Å². The van der Waals surface area contributed by atoms with Crippen molar-refractivity contribution in [2.45, 2.75) is 0 Å². The Morgan fingerprint density at radius 2 is 1.75 bits per heavy atom. The van der Waals surface area contributed by atoms with Crippen LogP contribution in [-0.2, 0) is 19.7 Å². The molecule has 0 fully saturated rings. The second-order valence-electron chi connectivity index (χ2n) is 6.31. The van der Waals surface area contributed by atoms with Gasteiger partial charge in [0.15, 0.2) is 11.6 Å². The lowest BCUT2D eigenvalue weighted by Crippen LogP contribution is -2.28. The zero-order valence-electron chi connectivity index (χ0n) is 16.4. The van der Waals surface area contributed by atoms with Crippen molar-refractivity contribution in [3.8, 4) is 30.7 Å². The number of para-hydroxylation sites is 1. The molecule has 1 amide bonds. The fraction of sp³-hybridized carbons (Fsp3) is 0.0455. The average Bonchev–Trinajstić information content (AvgIpc) is 3.05. The van der Waals surface area contributed by atoms with Crippen LogP contribution in [0.25, 0.3) is 6.08 Å². The molecule has 2 aromatic carbocycles. The Morgan fingerprint density at radius 1 is 1.12 bits per heavy atom. The number of anilines is 1. The zero-order valence-corrected chi connectivity index (χ0v) is 17.2. The minimum absolute atomic E-state index is 0.202. The molecular formula is C22H15N3O6S. The summed E-state index contributed by atoms with van der Waals surface area (Å²) in [6.07, 6.45) is 12.0. The van der Waals surface area contributed by atoms with Gasteiger partial charge in [0, 0.05) is 12.1 Å². The number of hydrogen-bond donors (Lipinski definition) is 1. The topological polar surface area (TPSA) is 117 Å². The van der Waals surface area contributed by atoms with Crippen LogP contribution in [0.4, 0.5) is 5.69 Å². The molecule has 0 spiro atoms. The van der Waals surface area contributed by atoms with Crippen molar-refractivity contribution in [3.63, 3.8) is 0 Å². The standard InChI is InChI=1S/C22H15N3O6S/c1-3-24(4-2)17-12-10-16(11-13-17)14-19-20(22(27)31-18-8-6-5-7-9-18)23-25(21(19)26)15-32(28,29)30/h1-2,5-14H,15H2,(H,28,29,30). The maximum Gasteiger partial charge on any atom is 0.365 e. The molecule has 1 N–H and O–H groups in total. The molecule has 160 valence electrons. The number of hydrazone groups is 1. The highest BCUT2D eigenvalue weighted by Gasteiger charge is 2.37. The predicted molar refractivity (Wildman–Crippen MR) is 117 cm³/mol. The van der Waals surface area contributed by atoms with Gasteiger partial charge in [0.05, 0.1) is 11.3 Å². The molecule has 32 heavy (non-hydrogen) atoms. The lowest BCUT2D eigenvalue weighted by molar-refractivity contribution is -0.127. The molecule has 0 bridgehead atoms. The largest absolute Gasteiger partial charge is 0.422 e. The smallest absolute Gasteiger partial charge is 0.365 e. The Kier molecular flexibility index (Phi) is 6.40. The highest BCUT2D eigenvalue weighted by atomic mass is 32.2. The first-order valence-corrected chi connectivity index (χ1v) is 10.5. The third kappa shape index (κ3) is 5.21. The molecular weight excluding hydrogens is 434 g/mol. The number of amides is 1. The number of rotatable bonds is 6. The first-order valence-electron chi connectivity index (χ1n) is 8.89. The third-order valence-electron chi connectivity index (χ3n) is 4.09. The molecule has 9 nitrogen and oxygen atoms in total. The Morgan fingerprint density at radius 3 is 2.31 bits per heavy atom. The van der Waals surface area contributed by atoms with E-state index in [0.29, 0.717) is 16.3 Å². The van der Waals surface area contributed by atoms with Crippen LogP contribution in [0, 0.1) is 24.9 Å². The third-order valence-corrected chi connectivity index (χ3v) is 4.66. The Labute approximate surface area is 184 Å². The molecule has 3 rings (SSSR count). The van der Waals surface area contributed by atoms with Crippen LogP contribution in [0.3, 0.4) is 0 Å². The average molecular weight is 449 g/mol. The van der Waals surface area contributed by atoms with Gasteiger partial charge in [-0.15, -0.1) is 0 Å². The molecule has 1 heterocycles. The lowest BCUT2D eigenvalue weighted by atomic mass is 10.1. The van der Waals surface area contributed by atoms with Gasteiger partial charge >= 0.3 is 5.97 Å². The van der Waals surface area contributed by atoms with E-state index in [1.807, 2.05) is 0 Å². The van der Waals surface area contributed by atoms with Gasteiger partial charge in [-0.05, 0) is 35.9 Å². The number of carbonyl (C=O) groups is 2. The molecule has 1 aliphatic rings.